The molecule has 1 fully saturated rings. The van der Waals surface area contributed by atoms with Crippen LogP contribution in [0.2, 0.25) is 0 Å². The van der Waals surface area contributed by atoms with Crippen LogP contribution < -0.4 is 5.32 Å². The maximum absolute atomic E-state index is 12.0. The maximum Gasteiger partial charge on any atom is 0.292 e. The van der Waals surface area contributed by atoms with Gasteiger partial charge < -0.3 is 10.4 Å². The number of aromatic nitrogens is 2. The van der Waals surface area contributed by atoms with Crippen molar-refractivity contribution in [1.82, 2.24) is 15.1 Å². The lowest BCUT2D eigenvalue weighted by Crippen LogP contribution is -2.46. The average molecular weight is 293 g/mol. The fourth-order valence-corrected chi connectivity index (χ4v) is 2.74. The van der Waals surface area contributed by atoms with E-state index in [1.54, 1.807) is 10.9 Å². The van der Waals surface area contributed by atoms with Gasteiger partial charge >= 0.3 is 0 Å². The van der Waals surface area contributed by atoms with Crippen LogP contribution in [0.4, 0.5) is 0 Å². The molecule has 1 heterocycles. The van der Waals surface area contributed by atoms with Gasteiger partial charge in [-0.05, 0) is 19.8 Å². The van der Waals surface area contributed by atoms with Gasteiger partial charge in [-0.1, -0.05) is 19.8 Å². The molecule has 2 N–H and O–H groups in total. The zero-order valence-corrected chi connectivity index (χ0v) is 12.6. The normalized spacial score (nSPS) is 25.6. The Hall–Kier alpha value is -1.69. The van der Waals surface area contributed by atoms with Crippen molar-refractivity contribution < 1.29 is 14.7 Å². The minimum absolute atomic E-state index is 0.295. The number of ketones is 1. The van der Waals surface area contributed by atoms with Crippen LogP contribution in [0, 0.1) is 5.41 Å². The van der Waals surface area contributed by atoms with E-state index in [1.807, 2.05) is 13.8 Å². The van der Waals surface area contributed by atoms with Gasteiger partial charge in [-0.25, -0.2) is 0 Å². The first-order chi connectivity index (χ1) is 9.96. The Kier molecular flexibility index (Phi) is 4.77. The fourth-order valence-electron chi connectivity index (χ4n) is 2.74. The molecule has 1 aromatic heterocycles. The number of amides is 1. The molecule has 116 valence electrons. The van der Waals surface area contributed by atoms with Crippen molar-refractivity contribution in [2.24, 2.45) is 5.41 Å². The molecule has 1 aromatic rings. The number of nitrogens with zero attached hydrogens (tertiary/aromatic N) is 2. The standard InChI is InChI=1S/C15H23N3O3/c1-3-18-9-11(8-17-18)13(20)14(21)16-10-15(2)7-5-4-6-12(15)19/h8-9,12,19H,3-7,10H2,1-2H3,(H,16,21). The molecule has 0 radical (unpaired) electrons. The molecular formula is C15H23N3O3. The van der Waals surface area contributed by atoms with Crippen LogP contribution in [0.25, 0.3) is 0 Å². The summed E-state index contributed by atoms with van der Waals surface area (Å²) in [6.07, 6.45) is 6.21. The number of Topliss-reactive ketones (excluding diaryl/α,β-unsaturated/α-hetero) is 1. The minimum Gasteiger partial charge on any atom is -0.392 e. The molecule has 1 saturated carbocycles. The first-order valence-electron chi connectivity index (χ1n) is 7.49. The molecule has 1 aliphatic carbocycles. The summed E-state index contributed by atoms with van der Waals surface area (Å²) in [5.41, 5.74) is -0.0504. The van der Waals surface area contributed by atoms with Crippen molar-refractivity contribution in [3.8, 4) is 0 Å². The molecular weight excluding hydrogens is 270 g/mol. The molecule has 1 amide bonds. The van der Waals surface area contributed by atoms with Crippen molar-refractivity contribution in [3.63, 3.8) is 0 Å². The van der Waals surface area contributed by atoms with Crippen molar-refractivity contribution in [2.45, 2.75) is 52.2 Å². The van der Waals surface area contributed by atoms with Crippen molar-refractivity contribution in [2.75, 3.05) is 6.54 Å². The van der Waals surface area contributed by atoms with E-state index in [-0.39, 0.29) is 5.41 Å². The number of aryl methyl sites for hydroxylation is 1. The van der Waals surface area contributed by atoms with Crippen molar-refractivity contribution in [1.29, 1.82) is 0 Å². The molecule has 2 unspecified atom stereocenters. The van der Waals surface area contributed by atoms with Crippen LogP contribution >= 0.6 is 0 Å². The van der Waals surface area contributed by atoms with E-state index >= 15 is 0 Å². The van der Waals surface area contributed by atoms with Gasteiger partial charge in [-0.15, -0.1) is 0 Å². The fraction of sp³-hybridized carbons (Fsp3) is 0.667. The van der Waals surface area contributed by atoms with E-state index in [2.05, 4.69) is 10.4 Å². The summed E-state index contributed by atoms with van der Waals surface area (Å²) in [4.78, 5) is 24.0. The number of hydrogen-bond donors (Lipinski definition) is 2. The van der Waals surface area contributed by atoms with Crippen molar-refractivity contribution >= 4 is 11.7 Å². The van der Waals surface area contributed by atoms with E-state index < -0.39 is 17.8 Å². The molecule has 6 nitrogen and oxygen atoms in total. The molecule has 6 heteroatoms. The van der Waals surface area contributed by atoms with Crippen LogP contribution in [0.1, 0.15) is 49.9 Å². The number of hydrogen-bond acceptors (Lipinski definition) is 4. The number of aliphatic hydroxyl groups excluding tert-OH is 1. The third-order valence-electron chi connectivity index (χ3n) is 4.36. The lowest BCUT2D eigenvalue weighted by atomic mass is 9.73. The summed E-state index contributed by atoms with van der Waals surface area (Å²) in [7, 11) is 0. The molecule has 0 saturated heterocycles. The number of nitrogens with one attached hydrogen (secondary N) is 1. The lowest BCUT2D eigenvalue weighted by Gasteiger charge is -2.38. The highest BCUT2D eigenvalue weighted by Crippen LogP contribution is 2.35. The van der Waals surface area contributed by atoms with Crippen LogP contribution in [0.3, 0.4) is 0 Å². The van der Waals surface area contributed by atoms with Gasteiger partial charge in [-0.2, -0.15) is 5.10 Å². The zero-order chi connectivity index (χ0) is 15.5. The predicted octanol–water partition coefficient (Wildman–Crippen LogP) is 1.14. The smallest absolute Gasteiger partial charge is 0.292 e. The Labute approximate surface area is 124 Å². The summed E-state index contributed by atoms with van der Waals surface area (Å²) in [6, 6.07) is 0. The number of carbonyl (C=O) groups is 2. The van der Waals surface area contributed by atoms with Gasteiger partial charge in [0.15, 0.2) is 0 Å². The summed E-state index contributed by atoms with van der Waals surface area (Å²) >= 11 is 0. The first-order valence-corrected chi connectivity index (χ1v) is 7.49. The SMILES string of the molecule is CCn1cc(C(=O)C(=O)NCC2(C)CCCCC2O)cn1. The Balaban J connectivity index is 1.93. The molecule has 0 aliphatic heterocycles. The molecule has 0 bridgehead atoms. The van der Waals surface area contributed by atoms with E-state index in [0.29, 0.717) is 18.7 Å². The lowest BCUT2D eigenvalue weighted by molar-refractivity contribution is -0.118. The van der Waals surface area contributed by atoms with E-state index in [1.165, 1.54) is 6.20 Å². The molecule has 21 heavy (non-hydrogen) atoms. The predicted molar refractivity (Wildman–Crippen MR) is 77.8 cm³/mol. The topological polar surface area (TPSA) is 84.2 Å². The Morgan fingerprint density at radius 3 is 2.90 bits per heavy atom. The third-order valence-corrected chi connectivity index (χ3v) is 4.36. The van der Waals surface area contributed by atoms with Crippen LogP contribution in [0.15, 0.2) is 12.4 Å². The summed E-state index contributed by atoms with van der Waals surface area (Å²) in [5.74, 6) is -1.21. The van der Waals surface area contributed by atoms with E-state index in [0.717, 1.165) is 25.7 Å². The third kappa shape index (κ3) is 3.50. The molecule has 1 aliphatic rings. The summed E-state index contributed by atoms with van der Waals surface area (Å²) < 4.78 is 1.60. The quantitative estimate of drug-likeness (QED) is 0.630. The van der Waals surface area contributed by atoms with E-state index in [9.17, 15) is 14.7 Å². The van der Waals surface area contributed by atoms with Crippen LogP contribution in [-0.2, 0) is 11.3 Å². The maximum atomic E-state index is 12.0. The van der Waals surface area contributed by atoms with Gasteiger partial charge in [-0.3, -0.25) is 14.3 Å². The highest BCUT2D eigenvalue weighted by molar-refractivity contribution is 6.42. The van der Waals surface area contributed by atoms with Gasteiger partial charge in [0.2, 0.25) is 0 Å². The second-order valence-corrected chi connectivity index (χ2v) is 6.01. The Morgan fingerprint density at radius 2 is 2.29 bits per heavy atom. The number of carbonyl (C=O) groups excluding carboxylic acids is 2. The van der Waals surface area contributed by atoms with Gasteiger partial charge in [0.1, 0.15) is 0 Å². The second-order valence-electron chi connectivity index (χ2n) is 6.01. The zero-order valence-electron chi connectivity index (χ0n) is 12.6. The van der Waals surface area contributed by atoms with Gasteiger partial charge in [0.25, 0.3) is 11.7 Å². The minimum atomic E-state index is -0.635. The largest absolute Gasteiger partial charge is 0.392 e. The molecule has 0 spiro atoms. The first kappa shape index (κ1) is 15.7. The van der Waals surface area contributed by atoms with E-state index in [4.69, 9.17) is 0 Å². The average Bonchev–Trinajstić information content (AvgIpc) is 2.96. The number of rotatable bonds is 5. The molecule has 2 atom stereocenters. The Morgan fingerprint density at radius 1 is 1.52 bits per heavy atom. The number of aliphatic hydroxyl groups is 1. The van der Waals surface area contributed by atoms with Crippen LogP contribution in [0.5, 0.6) is 0 Å². The summed E-state index contributed by atoms with van der Waals surface area (Å²) in [5, 5.41) is 16.7. The van der Waals surface area contributed by atoms with Crippen molar-refractivity contribution in [3.05, 3.63) is 18.0 Å². The summed E-state index contributed by atoms with van der Waals surface area (Å²) in [6.45, 7) is 4.84. The van der Waals surface area contributed by atoms with Crippen LogP contribution in [-0.4, -0.2) is 39.2 Å². The van der Waals surface area contributed by atoms with Gasteiger partial charge in [0.05, 0.1) is 17.9 Å². The highest BCUT2D eigenvalue weighted by atomic mass is 16.3. The molecule has 0 aromatic carbocycles. The highest BCUT2D eigenvalue weighted by Gasteiger charge is 2.36. The Bertz CT molecular complexity index is 526. The monoisotopic (exact) mass is 293 g/mol. The molecule has 2 rings (SSSR count). The second kappa shape index (κ2) is 6.39. The van der Waals surface area contributed by atoms with Gasteiger partial charge in [0, 0.05) is 24.7 Å².